The molecule has 0 atom stereocenters. The summed E-state index contributed by atoms with van der Waals surface area (Å²) >= 11 is 3.19. The number of nitrogens with zero attached hydrogens (tertiary/aromatic N) is 1. The average Bonchev–Trinajstić information content (AvgIpc) is 3.24. The zero-order valence-corrected chi connectivity index (χ0v) is 19.1. The van der Waals surface area contributed by atoms with Crippen molar-refractivity contribution in [3.05, 3.63) is 76.2 Å². The summed E-state index contributed by atoms with van der Waals surface area (Å²) in [6.45, 7) is 0.388. The highest BCUT2D eigenvalue weighted by atomic mass is 79.9. The number of halogens is 1. The van der Waals surface area contributed by atoms with Gasteiger partial charge in [0.1, 0.15) is 11.5 Å². The fourth-order valence-electron chi connectivity index (χ4n) is 3.15. The van der Waals surface area contributed by atoms with Crippen LogP contribution in [0.25, 0.3) is 0 Å². The second-order valence-electron chi connectivity index (χ2n) is 6.67. The maximum atomic E-state index is 12.9. The molecule has 2 amide bonds. The molecule has 3 rings (SSSR count). The number of hydrogen-bond acceptors (Lipinski definition) is 5. The fraction of sp³-hybridized carbons (Fsp3) is 0.217. The van der Waals surface area contributed by atoms with Gasteiger partial charge in [0.25, 0.3) is 11.8 Å². The number of hydrogen-bond donors (Lipinski definition) is 1. The summed E-state index contributed by atoms with van der Waals surface area (Å²) in [6.07, 6.45) is 0.559. The van der Waals surface area contributed by atoms with Gasteiger partial charge in [0.2, 0.25) is 0 Å². The SMILES string of the molecule is COc1ccc(OC)c(CCNC(=O)c2ccccc2N(C)C(=O)c2ccc(Br)o2)c1. The van der Waals surface area contributed by atoms with E-state index in [-0.39, 0.29) is 17.6 Å². The van der Waals surface area contributed by atoms with Crippen molar-refractivity contribution in [2.45, 2.75) is 6.42 Å². The van der Waals surface area contributed by atoms with E-state index in [4.69, 9.17) is 13.9 Å². The second-order valence-corrected chi connectivity index (χ2v) is 7.45. The second kappa shape index (κ2) is 10.2. The molecule has 1 N–H and O–H groups in total. The Hall–Kier alpha value is -3.26. The molecule has 0 fully saturated rings. The van der Waals surface area contributed by atoms with Crippen LogP contribution in [0.2, 0.25) is 0 Å². The minimum atomic E-state index is -0.355. The molecule has 31 heavy (non-hydrogen) atoms. The number of carbonyl (C=O) groups excluding carboxylic acids is 2. The van der Waals surface area contributed by atoms with Gasteiger partial charge in [-0.15, -0.1) is 0 Å². The molecule has 0 saturated heterocycles. The van der Waals surface area contributed by atoms with Crippen molar-refractivity contribution < 1.29 is 23.5 Å². The van der Waals surface area contributed by atoms with Gasteiger partial charge in [-0.2, -0.15) is 0 Å². The summed E-state index contributed by atoms with van der Waals surface area (Å²) in [4.78, 5) is 27.0. The number of ether oxygens (including phenoxy) is 2. The topological polar surface area (TPSA) is 81.0 Å². The predicted octanol–water partition coefficient (Wildman–Crippen LogP) is 4.31. The Balaban J connectivity index is 1.71. The van der Waals surface area contributed by atoms with Crippen molar-refractivity contribution in [1.29, 1.82) is 0 Å². The van der Waals surface area contributed by atoms with Crippen LogP contribution in [-0.2, 0) is 6.42 Å². The molecular weight excluding hydrogens is 464 g/mol. The van der Waals surface area contributed by atoms with Crippen molar-refractivity contribution >= 4 is 33.4 Å². The van der Waals surface area contributed by atoms with Crippen LogP contribution < -0.4 is 19.7 Å². The summed E-state index contributed by atoms with van der Waals surface area (Å²) < 4.78 is 16.5. The molecule has 0 spiro atoms. The van der Waals surface area contributed by atoms with Crippen molar-refractivity contribution in [1.82, 2.24) is 5.32 Å². The first kappa shape index (κ1) is 22.4. The van der Waals surface area contributed by atoms with Crippen molar-refractivity contribution in [2.24, 2.45) is 0 Å². The van der Waals surface area contributed by atoms with Gasteiger partial charge in [0, 0.05) is 13.6 Å². The Labute approximate surface area is 189 Å². The van der Waals surface area contributed by atoms with Crippen LogP contribution in [-0.4, -0.2) is 39.6 Å². The Morgan fingerprint density at radius 2 is 1.84 bits per heavy atom. The molecule has 162 valence electrons. The molecule has 0 aliphatic rings. The number of benzene rings is 2. The van der Waals surface area contributed by atoms with Gasteiger partial charge in [0.15, 0.2) is 10.4 Å². The lowest BCUT2D eigenvalue weighted by Crippen LogP contribution is -2.31. The molecular formula is C23H23BrN2O5. The lowest BCUT2D eigenvalue weighted by atomic mass is 10.1. The van der Waals surface area contributed by atoms with Crippen LogP contribution in [0.4, 0.5) is 5.69 Å². The van der Waals surface area contributed by atoms with Gasteiger partial charge in [-0.3, -0.25) is 9.59 Å². The van der Waals surface area contributed by atoms with E-state index in [1.807, 2.05) is 18.2 Å². The van der Waals surface area contributed by atoms with Gasteiger partial charge >= 0.3 is 0 Å². The lowest BCUT2D eigenvalue weighted by molar-refractivity contribution is 0.0954. The summed E-state index contributed by atoms with van der Waals surface area (Å²) in [5, 5.41) is 2.91. The van der Waals surface area contributed by atoms with E-state index in [1.54, 1.807) is 57.7 Å². The number of rotatable bonds is 8. The Kier molecular flexibility index (Phi) is 7.36. The van der Waals surface area contributed by atoms with E-state index in [2.05, 4.69) is 21.2 Å². The maximum Gasteiger partial charge on any atom is 0.293 e. The monoisotopic (exact) mass is 486 g/mol. The quantitative estimate of drug-likeness (QED) is 0.512. The van der Waals surface area contributed by atoms with Crippen LogP contribution >= 0.6 is 15.9 Å². The molecule has 3 aromatic rings. The molecule has 0 radical (unpaired) electrons. The number of anilines is 1. The Morgan fingerprint density at radius 1 is 1.06 bits per heavy atom. The van der Waals surface area contributed by atoms with Crippen LogP contribution in [0.5, 0.6) is 11.5 Å². The van der Waals surface area contributed by atoms with Crippen LogP contribution in [0.3, 0.4) is 0 Å². The van der Waals surface area contributed by atoms with Crippen molar-refractivity contribution in [2.75, 3.05) is 32.7 Å². The van der Waals surface area contributed by atoms with Gasteiger partial charge in [-0.1, -0.05) is 12.1 Å². The zero-order valence-electron chi connectivity index (χ0n) is 17.5. The van der Waals surface area contributed by atoms with E-state index in [0.29, 0.717) is 28.9 Å². The normalized spacial score (nSPS) is 10.5. The van der Waals surface area contributed by atoms with Gasteiger partial charge in [-0.25, -0.2) is 0 Å². The molecule has 1 aromatic heterocycles. The number of nitrogens with one attached hydrogen (secondary N) is 1. The lowest BCUT2D eigenvalue weighted by Gasteiger charge is -2.19. The summed E-state index contributed by atoms with van der Waals surface area (Å²) in [5.41, 5.74) is 1.80. The molecule has 0 bridgehead atoms. The number of para-hydroxylation sites is 1. The van der Waals surface area contributed by atoms with Gasteiger partial charge in [0.05, 0.1) is 25.5 Å². The third-order valence-corrected chi connectivity index (χ3v) is 5.19. The minimum absolute atomic E-state index is 0.176. The Bertz CT molecular complexity index is 1080. The van der Waals surface area contributed by atoms with Crippen molar-refractivity contribution in [3.63, 3.8) is 0 Å². The first-order valence-corrected chi connectivity index (χ1v) is 10.4. The van der Waals surface area contributed by atoms with Gasteiger partial charge in [-0.05, 0) is 70.4 Å². The molecule has 0 aliphatic heterocycles. The van der Waals surface area contributed by atoms with Gasteiger partial charge < -0.3 is 24.1 Å². The number of amides is 2. The molecule has 0 aliphatic carbocycles. The molecule has 0 unspecified atom stereocenters. The maximum absolute atomic E-state index is 12.9. The van der Waals surface area contributed by atoms with Crippen LogP contribution in [0.1, 0.15) is 26.5 Å². The minimum Gasteiger partial charge on any atom is -0.497 e. The standard InChI is InChI=1S/C23H23BrN2O5/c1-26(23(28)20-10-11-21(24)31-20)18-7-5-4-6-17(18)22(27)25-13-12-15-14-16(29-2)8-9-19(15)30-3/h4-11,14H,12-13H2,1-3H3,(H,25,27). The smallest absolute Gasteiger partial charge is 0.293 e. The third kappa shape index (κ3) is 5.27. The molecule has 0 saturated carbocycles. The fourth-order valence-corrected chi connectivity index (χ4v) is 3.45. The molecule has 2 aromatic carbocycles. The predicted molar refractivity (Wildman–Crippen MR) is 121 cm³/mol. The highest BCUT2D eigenvalue weighted by Gasteiger charge is 2.21. The molecule has 1 heterocycles. The van der Waals surface area contributed by atoms with Crippen LogP contribution in [0, 0.1) is 0 Å². The van der Waals surface area contributed by atoms with E-state index in [1.165, 1.54) is 4.90 Å². The van der Waals surface area contributed by atoms with E-state index >= 15 is 0 Å². The number of carbonyl (C=O) groups is 2. The molecule has 8 heteroatoms. The number of methoxy groups -OCH3 is 2. The van der Waals surface area contributed by atoms with Crippen LogP contribution in [0.15, 0.2) is 63.7 Å². The first-order chi connectivity index (χ1) is 14.9. The third-order valence-electron chi connectivity index (χ3n) is 4.77. The zero-order chi connectivity index (χ0) is 22.4. The van der Waals surface area contributed by atoms with E-state index < -0.39 is 0 Å². The highest BCUT2D eigenvalue weighted by molar-refractivity contribution is 9.10. The van der Waals surface area contributed by atoms with Crippen molar-refractivity contribution in [3.8, 4) is 11.5 Å². The molecule has 7 nitrogen and oxygen atoms in total. The van der Waals surface area contributed by atoms with E-state index in [9.17, 15) is 9.59 Å². The number of furan rings is 1. The largest absolute Gasteiger partial charge is 0.497 e. The Morgan fingerprint density at radius 3 is 2.52 bits per heavy atom. The van der Waals surface area contributed by atoms with E-state index in [0.717, 1.165) is 17.1 Å². The first-order valence-electron chi connectivity index (χ1n) is 9.56. The summed E-state index contributed by atoms with van der Waals surface area (Å²) in [7, 11) is 4.81. The summed E-state index contributed by atoms with van der Waals surface area (Å²) in [5.74, 6) is 0.988. The summed E-state index contributed by atoms with van der Waals surface area (Å²) in [6, 6.07) is 15.7. The average molecular weight is 487 g/mol. The highest BCUT2D eigenvalue weighted by Crippen LogP contribution is 2.25.